The molecule has 1 saturated heterocycles. The van der Waals surface area contributed by atoms with Crippen molar-refractivity contribution in [2.75, 3.05) is 13.1 Å². The normalized spacial score (nSPS) is 26.9. The van der Waals surface area contributed by atoms with Crippen molar-refractivity contribution >= 4 is 11.6 Å². The maximum atomic E-state index is 6.07. The van der Waals surface area contributed by atoms with Crippen LogP contribution in [0.15, 0.2) is 18.3 Å². The summed E-state index contributed by atoms with van der Waals surface area (Å²) in [4.78, 5) is 6.60. The Bertz CT molecular complexity index is 354. The topological polar surface area (TPSA) is 16.1 Å². The van der Waals surface area contributed by atoms with E-state index < -0.39 is 0 Å². The van der Waals surface area contributed by atoms with Gasteiger partial charge in [0, 0.05) is 24.8 Å². The second-order valence-corrected chi connectivity index (χ2v) is 5.29. The molecule has 1 aromatic heterocycles. The van der Waals surface area contributed by atoms with E-state index in [0.717, 1.165) is 23.9 Å². The summed E-state index contributed by atoms with van der Waals surface area (Å²) in [5, 5.41) is 0.647. The lowest BCUT2D eigenvalue weighted by Crippen LogP contribution is -2.37. The Morgan fingerprint density at radius 2 is 2.25 bits per heavy atom. The number of halogens is 1. The molecule has 1 aliphatic rings. The number of hydrogen-bond acceptors (Lipinski definition) is 2. The summed E-state index contributed by atoms with van der Waals surface area (Å²) in [5.74, 6) is 1.63. The maximum absolute atomic E-state index is 6.07. The minimum atomic E-state index is 0.647. The number of nitrogens with zero attached hydrogens (tertiary/aromatic N) is 2. The monoisotopic (exact) mass is 238 g/mol. The van der Waals surface area contributed by atoms with Gasteiger partial charge < -0.3 is 0 Å². The van der Waals surface area contributed by atoms with Crippen LogP contribution in [0.1, 0.15) is 25.8 Å². The van der Waals surface area contributed by atoms with Gasteiger partial charge in [0.25, 0.3) is 0 Å². The van der Waals surface area contributed by atoms with Crippen LogP contribution >= 0.6 is 11.6 Å². The summed E-state index contributed by atoms with van der Waals surface area (Å²) in [5.41, 5.74) is 1.14. The Morgan fingerprint density at radius 1 is 1.44 bits per heavy atom. The smallest absolute Gasteiger partial charge is 0.133 e. The average molecular weight is 239 g/mol. The van der Waals surface area contributed by atoms with Gasteiger partial charge in [0.05, 0.1) is 0 Å². The number of pyridine rings is 1. The van der Waals surface area contributed by atoms with E-state index in [1.54, 1.807) is 6.20 Å². The molecule has 1 aromatic rings. The van der Waals surface area contributed by atoms with E-state index in [9.17, 15) is 0 Å². The minimum Gasteiger partial charge on any atom is -0.299 e. The van der Waals surface area contributed by atoms with Crippen molar-refractivity contribution in [3.63, 3.8) is 0 Å². The summed E-state index contributed by atoms with van der Waals surface area (Å²) in [7, 11) is 0. The summed E-state index contributed by atoms with van der Waals surface area (Å²) in [6, 6.07) is 4.02. The molecule has 1 fully saturated rings. The van der Waals surface area contributed by atoms with Gasteiger partial charge in [-0.05, 0) is 30.9 Å². The fourth-order valence-corrected chi connectivity index (χ4v) is 2.45. The van der Waals surface area contributed by atoms with Crippen molar-refractivity contribution in [1.82, 2.24) is 9.88 Å². The molecule has 2 unspecified atom stereocenters. The lowest BCUT2D eigenvalue weighted by Gasteiger charge is -2.35. The third kappa shape index (κ3) is 2.74. The van der Waals surface area contributed by atoms with Gasteiger partial charge in [-0.1, -0.05) is 31.5 Å². The highest BCUT2D eigenvalue weighted by Gasteiger charge is 2.22. The standard InChI is InChI=1S/C13H19ClN2/c1-10-5-7-16(8-11(10)2)9-12-4-3-6-15-13(12)14/h3-4,6,10-11H,5,7-9H2,1-2H3. The van der Waals surface area contributed by atoms with Gasteiger partial charge in [0.15, 0.2) is 0 Å². The van der Waals surface area contributed by atoms with Crippen molar-refractivity contribution in [2.24, 2.45) is 11.8 Å². The van der Waals surface area contributed by atoms with E-state index in [1.165, 1.54) is 19.5 Å². The van der Waals surface area contributed by atoms with Gasteiger partial charge in [0.1, 0.15) is 5.15 Å². The molecule has 0 amide bonds. The summed E-state index contributed by atoms with van der Waals surface area (Å²) >= 11 is 6.07. The van der Waals surface area contributed by atoms with Crippen LogP contribution in [0.2, 0.25) is 5.15 Å². The molecule has 2 atom stereocenters. The van der Waals surface area contributed by atoms with Crippen LogP contribution in [0, 0.1) is 11.8 Å². The van der Waals surface area contributed by atoms with E-state index in [4.69, 9.17) is 11.6 Å². The molecule has 0 saturated carbocycles. The quantitative estimate of drug-likeness (QED) is 0.736. The molecule has 2 heterocycles. The second-order valence-electron chi connectivity index (χ2n) is 4.93. The molecule has 1 aliphatic heterocycles. The molecule has 0 radical (unpaired) electrons. The molecule has 3 heteroatoms. The van der Waals surface area contributed by atoms with Crippen LogP contribution in [0.5, 0.6) is 0 Å². The molecular weight excluding hydrogens is 220 g/mol. The van der Waals surface area contributed by atoms with E-state index in [-0.39, 0.29) is 0 Å². The van der Waals surface area contributed by atoms with Gasteiger partial charge in [-0.3, -0.25) is 4.90 Å². The molecule has 0 aliphatic carbocycles. The molecule has 0 N–H and O–H groups in total. The number of likely N-dealkylation sites (tertiary alicyclic amines) is 1. The molecule has 88 valence electrons. The number of rotatable bonds is 2. The largest absolute Gasteiger partial charge is 0.299 e. The van der Waals surface area contributed by atoms with Crippen LogP contribution in [0.3, 0.4) is 0 Å². The first-order chi connectivity index (χ1) is 7.66. The van der Waals surface area contributed by atoms with Crippen LogP contribution in [0.25, 0.3) is 0 Å². The summed E-state index contributed by atoms with van der Waals surface area (Å²) in [6.45, 7) is 7.97. The van der Waals surface area contributed by atoms with Crippen molar-refractivity contribution in [3.8, 4) is 0 Å². The molecule has 2 nitrogen and oxygen atoms in total. The van der Waals surface area contributed by atoms with Crippen molar-refractivity contribution in [3.05, 3.63) is 29.0 Å². The van der Waals surface area contributed by atoms with Gasteiger partial charge in [0.2, 0.25) is 0 Å². The zero-order valence-corrected chi connectivity index (χ0v) is 10.7. The Balaban J connectivity index is 1.98. The van der Waals surface area contributed by atoms with E-state index in [1.807, 2.05) is 6.07 Å². The Kier molecular flexibility index (Phi) is 3.82. The van der Waals surface area contributed by atoms with Gasteiger partial charge in [-0.2, -0.15) is 0 Å². The highest BCUT2D eigenvalue weighted by atomic mass is 35.5. The van der Waals surface area contributed by atoms with Gasteiger partial charge >= 0.3 is 0 Å². The highest BCUT2D eigenvalue weighted by molar-refractivity contribution is 6.30. The van der Waals surface area contributed by atoms with E-state index >= 15 is 0 Å². The van der Waals surface area contributed by atoms with Crippen LogP contribution < -0.4 is 0 Å². The summed E-state index contributed by atoms with van der Waals surface area (Å²) < 4.78 is 0. The van der Waals surface area contributed by atoms with Gasteiger partial charge in [-0.25, -0.2) is 4.98 Å². The van der Waals surface area contributed by atoms with Crippen molar-refractivity contribution in [1.29, 1.82) is 0 Å². The molecule has 16 heavy (non-hydrogen) atoms. The predicted octanol–water partition coefficient (Wildman–Crippen LogP) is 3.21. The second kappa shape index (κ2) is 5.15. The highest BCUT2D eigenvalue weighted by Crippen LogP contribution is 2.24. The van der Waals surface area contributed by atoms with E-state index in [0.29, 0.717) is 5.15 Å². The fraction of sp³-hybridized carbons (Fsp3) is 0.615. The van der Waals surface area contributed by atoms with Crippen LogP contribution in [-0.4, -0.2) is 23.0 Å². The third-order valence-corrected chi connectivity index (χ3v) is 3.99. The Labute approximate surface area is 103 Å². The first kappa shape index (κ1) is 11.9. The molecule has 2 rings (SSSR count). The zero-order chi connectivity index (χ0) is 11.5. The average Bonchev–Trinajstić information content (AvgIpc) is 2.27. The maximum Gasteiger partial charge on any atom is 0.133 e. The third-order valence-electron chi connectivity index (χ3n) is 3.65. The lowest BCUT2D eigenvalue weighted by atomic mass is 9.88. The van der Waals surface area contributed by atoms with Crippen molar-refractivity contribution < 1.29 is 0 Å². The summed E-state index contributed by atoms with van der Waals surface area (Å²) in [6.07, 6.45) is 3.03. The SMILES string of the molecule is CC1CCN(Cc2cccnc2Cl)CC1C. The zero-order valence-electron chi connectivity index (χ0n) is 9.99. The van der Waals surface area contributed by atoms with E-state index in [2.05, 4.69) is 29.8 Å². The molecule has 0 spiro atoms. The molecular formula is C13H19ClN2. The molecule has 0 aromatic carbocycles. The minimum absolute atomic E-state index is 0.647. The number of piperidine rings is 1. The first-order valence-electron chi connectivity index (χ1n) is 5.98. The Morgan fingerprint density at radius 3 is 2.94 bits per heavy atom. The van der Waals surface area contributed by atoms with Crippen LogP contribution in [-0.2, 0) is 6.54 Å². The predicted molar refractivity (Wildman–Crippen MR) is 67.5 cm³/mol. The first-order valence-corrected chi connectivity index (χ1v) is 6.36. The number of hydrogen-bond donors (Lipinski definition) is 0. The molecule has 0 bridgehead atoms. The fourth-order valence-electron chi connectivity index (χ4n) is 2.27. The van der Waals surface area contributed by atoms with Gasteiger partial charge in [-0.15, -0.1) is 0 Å². The number of aromatic nitrogens is 1. The lowest BCUT2D eigenvalue weighted by molar-refractivity contribution is 0.132. The van der Waals surface area contributed by atoms with Crippen molar-refractivity contribution in [2.45, 2.75) is 26.8 Å². The Hall–Kier alpha value is -0.600. The van der Waals surface area contributed by atoms with Crippen LogP contribution in [0.4, 0.5) is 0 Å².